The average molecular weight is 255 g/mol. The summed E-state index contributed by atoms with van der Waals surface area (Å²) in [4.78, 5) is 11.5. The zero-order valence-electron chi connectivity index (χ0n) is 8.22. The minimum atomic E-state index is -4.65. The molecule has 0 aliphatic heterocycles. The lowest BCUT2D eigenvalue weighted by Crippen LogP contribution is -2.45. The van der Waals surface area contributed by atoms with Crippen molar-refractivity contribution in [2.24, 2.45) is 0 Å². The number of halogens is 4. The van der Waals surface area contributed by atoms with E-state index in [4.69, 9.17) is 0 Å². The van der Waals surface area contributed by atoms with Gasteiger partial charge < -0.3 is 5.32 Å². The first-order chi connectivity index (χ1) is 7.35. The van der Waals surface area contributed by atoms with Gasteiger partial charge in [-0.1, -0.05) is 6.07 Å². The summed E-state index contributed by atoms with van der Waals surface area (Å²) in [5, 5.41) is 3.54. The van der Waals surface area contributed by atoms with Crippen LogP contribution in [0.2, 0.25) is 0 Å². The zero-order chi connectivity index (χ0) is 12.3. The number of carbonyl (C=O) groups excluding carboxylic acids is 1. The lowest BCUT2D eigenvalue weighted by Gasteiger charge is -2.18. The van der Waals surface area contributed by atoms with Crippen LogP contribution >= 0.6 is 11.3 Å². The van der Waals surface area contributed by atoms with Crippen LogP contribution in [0.25, 0.3) is 0 Å². The summed E-state index contributed by atoms with van der Waals surface area (Å²) >= 11 is 1.24. The van der Waals surface area contributed by atoms with Crippen molar-refractivity contribution in [3.63, 3.8) is 0 Å². The summed E-state index contributed by atoms with van der Waals surface area (Å²) < 4.78 is 48.9. The van der Waals surface area contributed by atoms with Gasteiger partial charge in [0, 0.05) is 4.88 Å². The summed E-state index contributed by atoms with van der Waals surface area (Å²) in [7, 11) is 0. The maximum atomic E-state index is 12.6. The molecule has 0 fully saturated rings. The van der Waals surface area contributed by atoms with Crippen molar-refractivity contribution in [2.75, 3.05) is 0 Å². The summed E-state index contributed by atoms with van der Waals surface area (Å²) in [5.41, 5.74) is 0. The second-order valence-corrected chi connectivity index (χ2v) is 4.11. The highest BCUT2D eigenvalue weighted by Gasteiger charge is 2.49. The normalized spacial score (nSPS) is 13.9. The van der Waals surface area contributed by atoms with E-state index in [2.05, 4.69) is 0 Å². The Morgan fingerprint density at radius 1 is 1.50 bits per heavy atom. The number of carbonyl (C=O) groups is 1. The molecule has 0 bridgehead atoms. The van der Waals surface area contributed by atoms with E-state index in [1.807, 2.05) is 5.32 Å². The van der Waals surface area contributed by atoms with Crippen LogP contribution in [-0.4, -0.2) is 18.3 Å². The van der Waals surface area contributed by atoms with Crippen LogP contribution in [0.5, 0.6) is 0 Å². The Morgan fingerprint density at radius 3 is 2.56 bits per heavy atom. The van der Waals surface area contributed by atoms with Crippen molar-refractivity contribution in [3.05, 3.63) is 22.4 Å². The SMILES string of the molecule is CC(NC(=O)C(F)(F)C(F)F)c1cccs1. The van der Waals surface area contributed by atoms with Crippen LogP contribution in [0.4, 0.5) is 17.6 Å². The number of hydrogen-bond donors (Lipinski definition) is 1. The number of amides is 1. The van der Waals surface area contributed by atoms with Crippen molar-refractivity contribution in [2.45, 2.75) is 25.3 Å². The van der Waals surface area contributed by atoms with Gasteiger partial charge in [0.05, 0.1) is 6.04 Å². The van der Waals surface area contributed by atoms with Gasteiger partial charge in [-0.25, -0.2) is 8.78 Å². The fraction of sp³-hybridized carbons (Fsp3) is 0.444. The molecule has 90 valence electrons. The predicted molar refractivity (Wildman–Crippen MR) is 51.8 cm³/mol. The summed E-state index contributed by atoms with van der Waals surface area (Å²) in [6, 6.07) is 2.58. The van der Waals surface area contributed by atoms with Crippen molar-refractivity contribution in [1.82, 2.24) is 5.32 Å². The summed E-state index contributed by atoms with van der Waals surface area (Å²) in [5.74, 6) is -6.60. The quantitative estimate of drug-likeness (QED) is 0.823. The molecule has 1 atom stereocenters. The molecule has 1 N–H and O–H groups in total. The van der Waals surface area contributed by atoms with Gasteiger partial charge in [0.15, 0.2) is 0 Å². The second kappa shape index (κ2) is 4.82. The Bertz CT molecular complexity index is 352. The lowest BCUT2D eigenvalue weighted by atomic mass is 10.2. The third-order valence-corrected chi connectivity index (χ3v) is 2.95. The van der Waals surface area contributed by atoms with Crippen LogP contribution in [-0.2, 0) is 4.79 Å². The first-order valence-corrected chi connectivity index (χ1v) is 5.24. The van der Waals surface area contributed by atoms with Crippen LogP contribution < -0.4 is 5.32 Å². The zero-order valence-corrected chi connectivity index (χ0v) is 9.03. The Balaban J connectivity index is 2.65. The Kier molecular flexibility index (Phi) is 3.90. The van der Waals surface area contributed by atoms with E-state index in [0.717, 1.165) is 0 Å². The van der Waals surface area contributed by atoms with Gasteiger partial charge in [-0.15, -0.1) is 11.3 Å². The second-order valence-electron chi connectivity index (χ2n) is 3.13. The minimum absolute atomic E-state index is 0.624. The van der Waals surface area contributed by atoms with Crippen molar-refractivity contribution in [3.8, 4) is 0 Å². The van der Waals surface area contributed by atoms with Crippen molar-refractivity contribution in [1.29, 1.82) is 0 Å². The standard InChI is InChI=1S/C9H9F4NOS/c1-5(6-3-2-4-16-6)14-8(15)9(12,13)7(10)11/h2-5,7H,1H3,(H,14,15). The van der Waals surface area contributed by atoms with E-state index in [0.29, 0.717) is 4.88 Å². The number of hydrogen-bond acceptors (Lipinski definition) is 2. The Morgan fingerprint density at radius 2 is 2.12 bits per heavy atom. The molecule has 1 amide bonds. The maximum absolute atomic E-state index is 12.6. The molecule has 0 saturated carbocycles. The molecule has 0 aromatic carbocycles. The van der Waals surface area contributed by atoms with E-state index in [1.165, 1.54) is 18.3 Å². The molecule has 1 aromatic heterocycles. The smallest absolute Gasteiger partial charge is 0.343 e. The molecule has 0 aliphatic rings. The number of nitrogens with one attached hydrogen (secondary N) is 1. The molecular formula is C9H9F4NOS. The molecule has 1 unspecified atom stereocenters. The van der Waals surface area contributed by atoms with E-state index in [-0.39, 0.29) is 0 Å². The number of rotatable bonds is 4. The monoisotopic (exact) mass is 255 g/mol. The van der Waals surface area contributed by atoms with Crippen LogP contribution in [0.3, 0.4) is 0 Å². The highest BCUT2D eigenvalue weighted by Crippen LogP contribution is 2.25. The predicted octanol–water partition coefficient (Wildman–Crippen LogP) is 2.83. The largest absolute Gasteiger partial charge is 0.383 e. The van der Waals surface area contributed by atoms with E-state index >= 15 is 0 Å². The molecule has 1 rings (SSSR count). The van der Waals surface area contributed by atoms with Gasteiger partial charge in [0.2, 0.25) is 0 Å². The highest BCUT2D eigenvalue weighted by molar-refractivity contribution is 7.10. The molecule has 0 radical (unpaired) electrons. The van der Waals surface area contributed by atoms with Gasteiger partial charge in [-0.2, -0.15) is 8.78 Å². The van der Waals surface area contributed by atoms with E-state index < -0.39 is 24.3 Å². The maximum Gasteiger partial charge on any atom is 0.383 e. The van der Waals surface area contributed by atoms with Gasteiger partial charge in [-0.3, -0.25) is 4.79 Å². The topological polar surface area (TPSA) is 29.1 Å². The molecule has 2 nitrogen and oxygen atoms in total. The fourth-order valence-electron chi connectivity index (χ4n) is 1.00. The third kappa shape index (κ3) is 2.72. The average Bonchev–Trinajstić information content (AvgIpc) is 2.69. The van der Waals surface area contributed by atoms with Crippen LogP contribution in [0, 0.1) is 0 Å². The van der Waals surface area contributed by atoms with Gasteiger partial charge in [-0.05, 0) is 18.4 Å². The van der Waals surface area contributed by atoms with E-state index in [1.54, 1.807) is 17.5 Å². The molecular weight excluding hydrogens is 246 g/mol. The van der Waals surface area contributed by atoms with Crippen molar-refractivity contribution >= 4 is 17.2 Å². The Hall–Kier alpha value is -1.11. The first-order valence-electron chi connectivity index (χ1n) is 4.36. The molecule has 0 saturated heterocycles. The van der Waals surface area contributed by atoms with Crippen LogP contribution in [0.1, 0.15) is 17.8 Å². The number of alkyl halides is 4. The first kappa shape index (κ1) is 13.0. The van der Waals surface area contributed by atoms with Gasteiger partial charge in [0.1, 0.15) is 0 Å². The van der Waals surface area contributed by atoms with Crippen LogP contribution in [0.15, 0.2) is 17.5 Å². The van der Waals surface area contributed by atoms with Crippen molar-refractivity contribution < 1.29 is 22.4 Å². The molecule has 0 aliphatic carbocycles. The van der Waals surface area contributed by atoms with E-state index in [9.17, 15) is 22.4 Å². The summed E-state index contributed by atoms with van der Waals surface area (Å²) in [6.45, 7) is 1.45. The highest BCUT2D eigenvalue weighted by atomic mass is 32.1. The fourth-order valence-corrected chi connectivity index (χ4v) is 1.74. The molecule has 16 heavy (non-hydrogen) atoms. The molecule has 7 heteroatoms. The number of thiophene rings is 1. The molecule has 1 heterocycles. The lowest BCUT2D eigenvalue weighted by molar-refractivity contribution is -0.170. The summed E-state index contributed by atoms with van der Waals surface area (Å²) in [6.07, 6.45) is -4.00. The molecule has 1 aromatic rings. The third-order valence-electron chi connectivity index (χ3n) is 1.89. The Labute approximate surface area is 93.3 Å². The van der Waals surface area contributed by atoms with Gasteiger partial charge in [0.25, 0.3) is 5.91 Å². The minimum Gasteiger partial charge on any atom is -0.343 e. The van der Waals surface area contributed by atoms with Gasteiger partial charge >= 0.3 is 12.3 Å². The molecule has 0 spiro atoms.